The summed E-state index contributed by atoms with van der Waals surface area (Å²) in [6.45, 7) is 5.06. The normalized spacial score (nSPS) is 18.3. The number of aryl methyl sites for hydroxylation is 1. The van der Waals surface area contributed by atoms with Crippen LogP contribution in [0, 0.1) is 6.92 Å². The SMILES string of the molecule is Cc1cccc(Cn2cc(C3OCCN3Cc3ccco3)nn2)c1. The lowest BCUT2D eigenvalue weighted by Crippen LogP contribution is -2.23. The molecular weight excluding hydrogens is 304 g/mol. The van der Waals surface area contributed by atoms with E-state index in [0.29, 0.717) is 19.7 Å². The number of hydrogen-bond donors (Lipinski definition) is 0. The molecule has 0 aliphatic carbocycles. The van der Waals surface area contributed by atoms with E-state index < -0.39 is 0 Å². The fraction of sp³-hybridized carbons (Fsp3) is 0.333. The summed E-state index contributed by atoms with van der Waals surface area (Å²) in [5.74, 6) is 0.928. The zero-order chi connectivity index (χ0) is 16.4. The van der Waals surface area contributed by atoms with Crippen LogP contribution in [0.5, 0.6) is 0 Å². The molecule has 6 heteroatoms. The summed E-state index contributed by atoms with van der Waals surface area (Å²) in [7, 11) is 0. The molecule has 2 aromatic heterocycles. The zero-order valence-electron chi connectivity index (χ0n) is 13.6. The Labute approximate surface area is 140 Å². The van der Waals surface area contributed by atoms with Crippen LogP contribution in [0.1, 0.15) is 28.8 Å². The lowest BCUT2D eigenvalue weighted by Gasteiger charge is -2.19. The molecule has 0 radical (unpaired) electrons. The van der Waals surface area contributed by atoms with Crippen LogP contribution in [0.2, 0.25) is 0 Å². The predicted molar refractivity (Wildman–Crippen MR) is 88.1 cm³/mol. The minimum absolute atomic E-state index is 0.165. The van der Waals surface area contributed by atoms with Crippen molar-refractivity contribution in [1.82, 2.24) is 19.9 Å². The van der Waals surface area contributed by atoms with E-state index in [9.17, 15) is 0 Å². The van der Waals surface area contributed by atoms with Gasteiger partial charge >= 0.3 is 0 Å². The van der Waals surface area contributed by atoms with E-state index in [1.165, 1.54) is 11.1 Å². The van der Waals surface area contributed by atoms with Gasteiger partial charge in [0.25, 0.3) is 0 Å². The second-order valence-corrected chi connectivity index (χ2v) is 6.10. The third-order valence-corrected chi connectivity index (χ3v) is 4.16. The average Bonchev–Trinajstić information content (AvgIpc) is 3.29. The fourth-order valence-electron chi connectivity index (χ4n) is 3.04. The predicted octanol–water partition coefficient (Wildman–Crippen LogP) is 2.76. The molecule has 6 nitrogen and oxygen atoms in total. The van der Waals surface area contributed by atoms with E-state index in [-0.39, 0.29) is 6.23 Å². The lowest BCUT2D eigenvalue weighted by atomic mass is 10.1. The quantitative estimate of drug-likeness (QED) is 0.722. The Hall–Kier alpha value is -2.44. The smallest absolute Gasteiger partial charge is 0.157 e. The fourth-order valence-corrected chi connectivity index (χ4v) is 3.04. The number of aromatic nitrogens is 3. The summed E-state index contributed by atoms with van der Waals surface area (Å²) in [6, 6.07) is 12.3. The molecule has 0 bridgehead atoms. The Kier molecular flexibility index (Phi) is 4.15. The van der Waals surface area contributed by atoms with Crippen LogP contribution in [0.15, 0.2) is 53.3 Å². The molecular formula is C18H20N4O2. The Balaban J connectivity index is 1.47. The number of ether oxygens (including phenoxy) is 1. The standard InChI is InChI=1S/C18H20N4O2/c1-14-4-2-5-15(10-14)11-22-13-17(19-20-22)18-21(7-9-24-18)12-16-6-3-8-23-16/h2-6,8,10,13,18H,7,9,11-12H2,1H3. The minimum Gasteiger partial charge on any atom is -0.468 e. The second-order valence-electron chi connectivity index (χ2n) is 6.10. The van der Waals surface area contributed by atoms with Gasteiger partial charge in [-0.15, -0.1) is 5.10 Å². The van der Waals surface area contributed by atoms with Crippen LogP contribution >= 0.6 is 0 Å². The van der Waals surface area contributed by atoms with Gasteiger partial charge in [0.15, 0.2) is 6.23 Å². The Bertz CT molecular complexity index is 797. The van der Waals surface area contributed by atoms with Crippen molar-refractivity contribution in [3.63, 3.8) is 0 Å². The molecule has 1 unspecified atom stereocenters. The molecule has 0 amide bonds. The molecule has 3 aromatic rings. The maximum absolute atomic E-state index is 5.85. The first kappa shape index (κ1) is 15.1. The van der Waals surface area contributed by atoms with E-state index in [4.69, 9.17) is 9.15 Å². The summed E-state index contributed by atoms with van der Waals surface area (Å²) in [5, 5.41) is 8.57. The molecule has 1 aliphatic heterocycles. The molecule has 1 aromatic carbocycles. The minimum atomic E-state index is -0.165. The third-order valence-electron chi connectivity index (χ3n) is 4.16. The number of benzene rings is 1. The molecule has 4 rings (SSSR count). The van der Waals surface area contributed by atoms with E-state index >= 15 is 0 Å². The highest BCUT2D eigenvalue weighted by molar-refractivity contribution is 5.22. The van der Waals surface area contributed by atoms with Crippen molar-refractivity contribution in [3.05, 3.63) is 71.4 Å². The summed E-state index contributed by atoms with van der Waals surface area (Å²) < 4.78 is 13.1. The van der Waals surface area contributed by atoms with Crippen molar-refractivity contribution in [2.45, 2.75) is 26.2 Å². The van der Waals surface area contributed by atoms with Crippen molar-refractivity contribution >= 4 is 0 Å². The maximum atomic E-state index is 5.85. The van der Waals surface area contributed by atoms with Gasteiger partial charge in [-0.2, -0.15) is 0 Å². The van der Waals surface area contributed by atoms with Gasteiger partial charge in [-0.3, -0.25) is 4.90 Å². The first-order valence-corrected chi connectivity index (χ1v) is 8.11. The molecule has 0 saturated carbocycles. The third kappa shape index (κ3) is 3.25. The summed E-state index contributed by atoms with van der Waals surface area (Å²) in [6.07, 6.45) is 3.49. The van der Waals surface area contributed by atoms with Gasteiger partial charge in [-0.1, -0.05) is 35.0 Å². The zero-order valence-corrected chi connectivity index (χ0v) is 13.6. The summed E-state index contributed by atoms with van der Waals surface area (Å²) in [4.78, 5) is 2.21. The van der Waals surface area contributed by atoms with Crippen molar-refractivity contribution in [3.8, 4) is 0 Å². The Morgan fingerprint density at radius 1 is 1.21 bits per heavy atom. The van der Waals surface area contributed by atoms with Crippen molar-refractivity contribution in [2.75, 3.05) is 13.2 Å². The van der Waals surface area contributed by atoms with Gasteiger partial charge in [0.1, 0.15) is 11.5 Å². The average molecular weight is 324 g/mol. The number of furan rings is 1. The summed E-state index contributed by atoms with van der Waals surface area (Å²) in [5.41, 5.74) is 3.30. The molecule has 1 saturated heterocycles. The molecule has 1 atom stereocenters. The molecule has 1 fully saturated rings. The van der Waals surface area contributed by atoms with Crippen molar-refractivity contribution in [1.29, 1.82) is 0 Å². The van der Waals surface area contributed by atoms with Crippen LogP contribution in [-0.2, 0) is 17.8 Å². The molecule has 0 N–H and O–H groups in total. The van der Waals surface area contributed by atoms with Gasteiger partial charge in [0, 0.05) is 6.54 Å². The van der Waals surface area contributed by atoms with E-state index in [1.807, 2.05) is 23.0 Å². The van der Waals surface area contributed by atoms with E-state index in [0.717, 1.165) is 18.0 Å². The van der Waals surface area contributed by atoms with Gasteiger partial charge in [0.05, 0.1) is 32.2 Å². The Morgan fingerprint density at radius 3 is 3.00 bits per heavy atom. The van der Waals surface area contributed by atoms with Crippen LogP contribution in [0.3, 0.4) is 0 Å². The van der Waals surface area contributed by atoms with E-state index in [1.54, 1.807) is 6.26 Å². The highest BCUT2D eigenvalue weighted by Crippen LogP contribution is 2.27. The van der Waals surface area contributed by atoms with Crippen molar-refractivity contribution in [2.24, 2.45) is 0 Å². The number of rotatable bonds is 5. The Morgan fingerprint density at radius 2 is 2.17 bits per heavy atom. The molecule has 0 spiro atoms. The molecule has 1 aliphatic rings. The van der Waals surface area contributed by atoms with Crippen molar-refractivity contribution < 1.29 is 9.15 Å². The molecule has 24 heavy (non-hydrogen) atoms. The highest BCUT2D eigenvalue weighted by Gasteiger charge is 2.29. The van der Waals surface area contributed by atoms with E-state index in [2.05, 4.69) is 46.4 Å². The first-order chi connectivity index (χ1) is 11.8. The maximum Gasteiger partial charge on any atom is 0.157 e. The van der Waals surface area contributed by atoms with Gasteiger partial charge in [-0.25, -0.2) is 4.68 Å². The second kappa shape index (κ2) is 6.59. The largest absolute Gasteiger partial charge is 0.468 e. The number of hydrogen-bond acceptors (Lipinski definition) is 5. The van der Waals surface area contributed by atoms with Gasteiger partial charge in [0.2, 0.25) is 0 Å². The lowest BCUT2D eigenvalue weighted by molar-refractivity contribution is 0.0223. The molecule has 124 valence electrons. The molecule has 3 heterocycles. The van der Waals surface area contributed by atoms with Gasteiger partial charge in [-0.05, 0) is 24.6 Å². The van der Waals surface area contributed by atoms with Crippen LogP contribution in [-0.4, -0.2) is 33.0 Å². The van der Waals surface area contributed by atoms with Crippen LogP contribution in [0.25, 0.3) is 0 Å². The van der Waals surface area contributed by atoms with Gasteiger partial charge < -0.3 is 9.15 Å². The first-order valence-electron chi connectivity index (χ1n) is 8.11. The summed E-state index contributed by atoms with van der Waals surface area (Å²) >= 11 is 0. The monoisotopic (exact) mass is 324 g/mol. The number of nitrogens with zero attached hydrogens (tertiary/aromatic N) is 4. The van der Waals surface area contributed by atoms with Crippen LogP contribution < -0.4 is 0 Å². The van der Waals surface area contributed by atoms with Crippen LogP contribution in [0.4, 0.5) is 0 Å². The highest BCUT2D eigenvalue weighted by atomic mass is 16.5. The topological polar surface area (TPSA) is 56.3 Å².